The van der Waals surface area contributed by atoms with Gasteiger partial charge in [-0.3, -0.25) is 0 Å². The number of nitrogens with one attached hydrogen (secondary N) is 2. The van der Waals surface area contributed by atoms with Crippen LogP contribution in [0.4, 0.5) is 27.5 Å². The molecule has 0 spiro atoms. The first-order chi connectivity index (χ1) is 13.8. The van der Waals surface area contributed by atoms with E-state index in [-0.39, 0.29) is 11.8 Å². The number of aromatic nitrogens is 3. The van der Waals surface area contributed by atoms with Gasteiger partial charge in [-0.2, -0.15) is 10.1 Å². The van der Waals surface area contributed by atoms with Crippen molar-refractivity contribution in [1.29, 1.82) is 0 Å². The summed E-state index contributed by atoms with van der Waals surface area (Å²) in [6.07, 6.45) is 1.46. The lowest BCUT2D eigenvalue weighted by molar-refractivity contribution is 0.485. The number of anilines is 4. The molecule has 0 saturated carbocycles. The molecular formula is C21H16FN5O. The van der Waals surface area contributed by atoms with Crippen molar-refractivity contribution >= 4 is 23.1 Å². The summed E-state index contributed by atoms with van der Waals surface area (Å²) in [5.74, 6) is 1.73. The van der Waals surface area contributed by atoms with Crippen molar-refractivity contribution in [3.05, 3.63) is 90.9 Å². The Morgan fingerprint density at radius 3 is 2.50 bits per heavy atom. The van der Waals surface area contributed by atoms with E-state index < -0.39 is 0 Å². The van der Waals surface area contributed by atoms with Crippen LogP contribution in [0.2, 0.25) is 0 Å². The van der Waals surface area contributed by atoms with E-state index in [1.807, 2.05) is 54.6 Å². The third kappa shape index (κ3) is 4.39. The molecule has 2 N–H and O–H groups in total. The fraction of sp³-hybridized carbons (Fsp3) is 0. The maximum Gasteiger partial charge on any atom is 0.249 e. The summed E-state index contributed by atoms with van der Waals surface area (Å²) in [5.41, 5.74) is 1.26. The second-order valence-electron chi connectivity index (χ2n) is 5.84. The number of rotatable bonds is 6. The molecule has 0 aliphatic heterocycles. The van der Waals surface area contributed by atoms with E-state index in [1.165, 1.54) is 18.3 Å². The monoisotopic (exact) mass is 373 g/mol. The number of hydrogen-bond donors (Lipinski definition) is 2. The van der Waals surface area contributed by atoms with Gasteiger partial charge in [0.15, 0.2) is 11.6 Å². The standard InChI is InChI=1S/C21H16FN5O/c22-15-7-6-8-16(13-15)24-20-14-23-27-21(26-20)25-18-11-4-5-12-19(18)28-17-9-2-1-3-10-17/h1-14H,(H2,24,25,26,27). The number of hydrogen-bond acceptors (Lipinski definition) is 6. The Labute approximate surface area is 161 Å². The smallest absolute Gasteiger partial charge is 0.249 e. The lowest BCUT2D eigenvalue weighted by Gasteiger charge is -2.12. The van der Waals surface area contributed by atoms with E-state index in [0.29, 0.717) is 22.9 Å². The van der Waals surface area contributed by atoms with Crippen molar-refractivity contribution < 1.29 is 9.13 Å². The van der Waals surface area contributed by atoms with Gasteiger partial charge >= 0.3 is 0 Å². The molecule has 1 aromatic heterocycles. The summed E-state index contributed by atoms with van der Waals surface area (Å²) in [6.45, 7) is 0. The first-order valence-corrected chi connectivity index (χ1v) is 8.57. The number of halogens is 1. The number of para-hydroxylation sites is 3. The SMILES string of the molecule is Fc1cccc(Nc2cnnc(Nc3ccccc3Oc3ccccc3)n2)c1. The Morgan fingerprint density at radius 2 is 1.64 bits per heavy atom. The molecule has 0 atom stereocenters. The summed E-state index contributed by atoms with van der Waals surface area (Å²) >= 11 is 0. The molecule has 0 aliphatic rings. The van der Waals surface area contributed by atoms with Gasteiger partial charge < -0.3 is 15.4 Å². The van der Waals surface area contributed by atoms with Crippen LogP contribution in [0, 0.1) is 5.82 Å². The topological polar surface area (TPSA) is 72.0 Å². The molecule has 0 fully saturated rings. The highest BCUT2D eigenvalue weighted by Gasteiger charge is 2.08. The maximum absolute atomic E-state index is 13.3. The lowest BCUT2D eigenvalue weighted by Crippen LogP contribution is -2.03. The minimum absolute atomic E-state index is 0.283. The highest BCUT2D eigenvalue weighted by Crippen LogP contribution is 2.30. The van der Waals surface area contributed by atoms with E-state index >= 15 is 0 Å². The molecule has 4 rings (SSSR count). The molecule has 0 unspecified atom stereocenters. The van der Waals surface area contributed by atoms with Crippen LogP contribution in [-0.2, 0) is 0 Å². The van der Waals surface area contributed by atoms with E-state index in [4.69, 9.17) is 4.74 Å². The molecule has 28 heavy (non-hydrogen) atoms. The molecule has 138 valence electrons. The van der Waals surface area contributed by atoms with E-state index in [9.17, 15) is 4.39 Å². The molecule has 6 nitrogen and oxygen atoms in total. The Bertz CT molecular complexity index is 1070. The van der Waals surface area contributed by atoms with Gasteiger partial charge in [0.1, 0.15) is 11.6 Å². The quantitative estimate of drug-likeness (QED) is 0.478. The minimum atomic E-state index is -0.336. The van der Waals surface area contributed by atoms with Crippen LogP contribution in [0.5, 0.6) is 11.5 Å². The summed E-state index contributed by atoms with van der Waals surface area (Å²) in [7, 11) is 0. The largest absolute Gasteiger partial charge is 0.455 e. The molecule has 0 aliphatic carbocycles. The first-order valence-electron chi connectivity index (χ1n) is 8.57. The number of benzene rings is 3. The van der Waals surface area contributed by atoms with Crippen molar-refractivity contribution in [3.63, 3.8) is 0 Å². The van der Waals surface area contributed by atoms with Crippen LogP contribution in [0.25, 0.3) is 0 Å². The zero-order valence-corrected chi connectivity index (χ0v) is 14.7. The number of ether oxygens (including phenoxy) is 1. The Morgan fingerprint density at radius 1 is 0.821 bits per heavy atom. The minimum Gasteiger partial charge on any atom is -0.455 e. The van der Waals surface area contributed by atoms with Crippen LogP contribution in [0.1, 0.15) is 0 Å². The van der Waals surface area contributed by atoms with Crippen molar-refractivity contribution in [2.24, 2.45) is 0 Å². The maximum atomic E-state index is 13.3. The average Bonchev–Trinajstić information content (AvgIpc) is 2.71. The summed E-state index contributed by atoms with van der Waals surface area (Å²) in [5, 5.41) is 14.0. The molecule has 0 bridgehead atoms. The molecule has 4 aromatic rings. The fourth-order valence-electron chi connectivity index (χ4n) is 2.53. The van der Waals surface area contributed by atoms with Crippen molar-refractivity contribution in [2.45, 2.75) is 0 Å². The Kier molecular flexibility index (Phi) is 5.06. The van der Waals surface area contributed by atoms with Gasteiger partial charge in [-0.25, -0.2) is 4.39 Å². The second-order valence-corrected chi connectivity index (χ2v) is 5.84. The first kappa shape index (κ1) is 17.4. The Balaban J connectivity index is 1.53. The third-order valence-corrected chi connectivity index (χ3v) is 3.76. The zero-order valence-electron chi connectivity index (χ0n) is 14.7. The molecule has 3 aromatic carbocycles. The van der Waals surface area contributed by atoms with Gasteiger partial charge in [-0.15, -0.1) is 5.10 Å². The lowest BCUT2D eigenvalue weighted by atomic mass is 10.3. The van der Waals surface area contributed by atoms with Crippen LogP contribution in [0.3, 0.4) is 0 Å². The van der Waals surface area contributed by atoms with E-state index in [1.54, 1.807) is 12.1 Å². The highest BCUT2D eigenvalue weighted by atomic mass is 19.1. The van der Waals surface area contributed by atoms with Crippen molar-refractivity contribution in [3.8, 4) is 11.5 Å². The van der Waals surface area contributed by atoms with E-state index in [0.717, 1.165) is 5.75 Å². The number of nitrogens with zero attached hydrogens (tertiary/aromatic N) is 3. The van der Waals surface area contributed by atoms with Crippen LogP contribution in [-0.4, -0.2) is 15.2 Å². The average molecular weight is 373 g/mol. The third-order valence-electron chi connectivity index (χ3n) is 3.76. The summed E-state index contributed by atoms with van der Waals surface area (Å²) in [4.78, 5) is 4.37. The molecule has 0 saturated heterocycles. The predicted octanol–water partition coefficient (Wildman–Crippen LogP) is 5.29. The van der Waals surface area contributed by atoms with Crippen LogP contribution in [0.15, 0.2) is 85.1 Å². The predicted molar refractivity (Wildman–Crippen MR) is 106 cm³/mol. The van der Waals surface area contributed by atoms with E-state index in [2.05, 4.69) is 25.8 Å². The molecule has 0 amide bonds. The van der Waals surface area contributed by atoms with Gasteiger partial charge in [0.2, 0.25) is 5.95 Å². The second kappa shape index (κ2) is 8.13. The summed E-state index contributed by atoms with van der Waals surface area (Å²) in [6, 6.07) is 23.0. The zero-order chi connectivity index (χ0) is 19.2. The van der Waals surface area contributed by atoms with Gasteiger partial charge in [0.05, 0.1) is 11.9 Å². The van der Waals surface area contributed by atoms with Gasteiger partial charge in [0.25, 0.3) is 0 Å². The molecule has 1 heterocycles. The van der Waals surface area contributed by atoms with Crippen LogP contribution < -0.4 is 15.4 Å². The normalized spacial score (nSPS) is 10.3. The molecule has 0 radical (unpaired) electrons. The molecular weight excluding hydrogens is 357 g/mol. The summed E-state index contributed by atoms with van der Waals surface area (Å²) < 4.78 is 19.3. The Hall–Kier alpha value is -4.00. The van der Waals surface area contributed by atoms with Gasteiger partial charge in [-0.1, -0.05) is 36.4 Å². The fourth-order valence-corrected chi connectivity index (χ4v) is 2.53. The van der Waals surface area contributed by atoms with Gasteiger partial charge in [0, 0.05) is 5.69 Å². The van der Waals surface area contributed by atoms with Gasteiger partial charge in [-0.05, 0) is 42.5 Å². The van der Waals surface area contributed by atoms with Crippen molar-refractivity contribution in [2.75, 3.05) is 10.6 Å². The highest BCUT2D eigenvalue weighted by molar-refractivity contribution is 5.64. The van der Waals surface area contributed by atoms with Crippen molar-refractivity contribution in [1.82, 2.24) is 15.2 Å². The van der Waals surface area contributed by atoms with Crippen LogP contribution >= 0.6 is 0 Å². The molecule has 7 heteroatoms.